The molecule has 1 aromatic rings. The Hall–Kier alpha value is -1.58. The Bertz CT molecular complexity index is 242. The molecule has 0 amide bonds. The summed E-state index contributed by atoms with van der Waals surface area (Å²) in [6, 6.07) is 3.75. The summed E-state index contributed by atoms with van der Waals surface area (Å²) in [7, 11) is 0. The molecule has 0 fully saturated rings. The monoisotopic (exact) mass is 150 g/mol. The zero-order valence-corrected chi connectivity index (χ0v) is 6.07. The topological polar surface area (TPSA) is 77.3 Å². The van der Waals surface area contributed by atoms with E-state index in [4.69, 9.17) is 11.6 Å². The van der Waals surface area contributed by atoms with Crippen molar-refractivity contribution in [3.63, 3.8) is 0 Å². The van der Waals surface area contributed by atoms with Gasteiger partial charge < -0.3 is 11.6 Å². The predicted octanol–water partition coefficient (Wildman–Crippen LogP) is -0.145. The molecular weight excluding hydrogens is 140 g/mol. The number of amidine groups is 1. The van der Waals surface area contributed by atoms with Crippen molar-refractivity contribution >= 4 is 5.84 Å². The van der Waals surface area contributed by atoms with Crippen LogP contribution in [0.5, 0.6) is 0 Å². The largest absolute Gasteiger partial charge is 0.385 e. The van der Waals surface area contributed by atoms with E-state index in [1.807, 2.05) is 12.1 Å². The molecule has 0 aliphatic carbocycles. The van der Waals surface area contributed by atoms with Gasteiger partial charge in [0.05, 0.1) is 0 Å². The standard InChI is InChI=1S/C7H10N4/c8-7(11-9)5-6-1-3-10-4-2-6/h1-4H,5,9H2,(H2,8,11). The lowest BCUT2D eigenvalue weighted by Crippen LogP contribution is -2.16. The summed E-state index contributed by atoms with van der Waals surface area (Å²) in [6.07, 6.45) is 4.00. The third kappa shape index (κ3) is 2.25. The molecule has 58 valence electrons. The van der Waals surface area contributed by atoms with Gasteiger partial charge in [0.1, 0.15) is 5.84 Å². The Balaban J connectivity index is 2.65. The van der Waals surface area contributed by atoms with Crippen molar-refractivity contribution < 1.29 is 0 Å². The van der Waals surface area contributed by atoms with E-state index >= 15 is 0 Å². The van der Waals surface area contributed by atoms with E-state index in [-0.39, 0.29) is 0 Å². The molecule has 4 heteroatoms. The molecule has 0 aliphatic rings. The molecule has 1 heterocycles. The lowest BCUT2D eigenvalue weighted by molar-refractivity contribution is 1.16. The van der Waals surface area contributed by atoms with Crippen LogP contribution in [-0.2, 0) is 6.42 Å². The Morgan fingerprint density at radius 2 is 2.09 bits per heavy atom. The summed E-state index contributed by atoms with van der Waals surface area (Å²) in [5.41, 5.74) is 6.47. The Kier molecular flexibility index (Phi) is 2.43. The van der Waals surface area contributed by atoms with E-state index in [0.717, 1.165) is 5.56 Å². The van der Waals surface area contributed by atoms with Crippen LogP contribution in [0.3, 0.4) is 0 Å². The molecule has 0 saturated carbocycles. The van der Waals surface area contributed by atoms with Crippen molar-refractivity contribution in [3.8, 4) is 0 Å². The molecule has 0 aliphatic heterocycles. The van der Waals surface area contributed by atoms with Crippen molar-refractivity contribution in [2.45, 2.75) is 6.42 Å². The summed E-state index contributed by atoms with van der Waals surface area (Å²) in [5.74, 6) is 5.39. The molecular formula is C7H10N4. The molecule has 0 saturated heterocycles. The highest BCUT2D eigenvalue weighted by Crippen LogP contribution is 1.96. The first-order chi connectivity index (χ1) is 5.33. The number of nitrogens with two attached hydrogens (primary N) is 2. The number of rotatable bonds is 2. The Morgan fingerprint density at radius 3 is 2.64 bits per heavy atom. The summed E-state index contributed by atoms with van der Waals surface area (Å²) in [5, 5.41) is 3.36. The van der Waals surface area contributed by atoms with Gasteiger partial charge in [0, 0.05) is 18.8 Å². The van der Waals surface area contributed by atoms with E-state index in [1.54, 1.807) is 12.4 Å². The molecule has 0 bridgehead atoms. The third-order valence-corrected chi connectivity index (χ3v) is 1.30. The summed E-state index contributed by atoms with van der Waals surface area (Å²) in [6.45, 7) is 0. The van der Waals surface area contributed by atoms with Crippen LogP contribution in [0.1, 0.15) is 5.56 Å². The normalized spacial score (nSPS) is 11.5. The number of nitrogens with zero attached hydrogens (tertiary/aromatic N) is 2. The maximum atomic E-state index is 5.41. The van der Waals surface area contributed by atoms with E-state index in [9.17, 15) is 0 Å². The molecule has 0 spiro atoms. The lowest BCUT2D eigenvalue weighted by Gasteiger charge is -1.97. The molecule has 0 unspecified atom stereocenters. The van der Waals surface area contributed by atoms with E-state index in [1.165, 1.54) is 0 Å². The molecule has 11 heavy (non-hydrogen) atoms. The molecule has 4 nitrogen and oxygen atoms in total. The van der Waals surface area contributed by atoms with Gasteiger partial charge in [0.15, 0.2) is 0 Å². The minimum Gasteiger partial charge on any atom is -0.385 e. The van der Waals surface area contributed by atoms with Gasteiger partial charge in [-0.1, -0.05) is 0 Å². The molecule has 1 aromatic heterocycles. The van der Waals surface area contributed by atoms with Crippen molar-refractivity contribution in [2.24, 2.45) is 16.7 Å². The van der Waals surface area contributed by atoms with Crippen LogP contribution in [-0.4, -0.2) is 10.8 Å². The van der Waals surface area contributed by atoms with Gasteiger partial charge in [0.25, 0.3) is 0 Å². The average Bonchev–Trinajstić information content (AvgIpc) is 2.06. The quantitative estimate of drug-likeness (QED) is 0.266. The van der Waals surface area contributed by atoms with Crippen LogP contribution in [0.4, 0.5) is 0 Å². The van der Waals surface area contributed by atoms with Gasteiger partial charge in [-0.3, -0.25) is 4.98 Å². The van der Waals surface area contributed by atoms with Crippen molar-refractivity contribution in [1.82, 2.24) is 4.98 Å². The highest BCUT2D eigenvalue weighted by Gasteiger charge is 1.93. The van der Waals surface area contributed by atoms with Crippen molar-refractivity contribution in [3.05, 3.63) is 30.1 Å². The molecule has 0 radical (unpaired) electrons. The van der Waals surface area contributed by atoms with Crippen LogP contribution in [0.15, 0.2) is 29.6 Å². The number of hydrogen-bond donors (Lipinski definition) is 2. The molecule has 0 atom stereocenters. The van der Waals surface area contributed by atoms with Gasteiger partial charge in [-0.05, 0) is 17.7 Å². The second-order valence-electron chi connectivity index (χ2n) is 2.15. The van der Waals surface area contributed by atoms with Gasteiger partial charge >= 0.3 is 0 Å². The number of aromatic nitrogens is 1. The Labute approximate surface area is 64.9 Å². The van der Waals surface area contributed by atoms with Crippen molar-refractivity contribution in [2.75, 3.05) is 0 Å². The predicted molar refractivity (Wildman–Crippen MR) is 43.8 cm³/mol. The summed E-state index contributed by atoms with van der Waals surface area (Å²) >= 11 is 0. The van der Waals surface area contributed by atoms with Gasteiger partial charge in [0.2, 0.25) is 0 Å². The number of hydrazone groups is 1. The zero-order valence-electron chi connectivity index (χ0n) is 6.07. The van der Waals surface area contributed by atoms with Gasteiger partial charge in [-0.25, -0.2) is 0 Å². The maximum Gasteiger partial charge on any atom is 0.123 e. The second-order valence-corrected chi connectivity index (χ2v) is 2.15. The SMILES string of the molecule is N/N=C(\N)Cc1ccncc1. The third-order valence-electron chi connectivity index (χ3n) is 1.30. The van der Waals surface area contributed by atoms with Gasteiger partial charge in [-0.15, -0.1) is 0 Å². The molecule has 0 aromatic carbocycles. The molecule has 4 N–H and O–H groups in total. The fourth-order valence-corrected chi connectivity index (χ4v) is 0.755. The Morgan fingerprint density at radius 1 is 1.45 bits per heavy atom. The fraction of sp³-hybridized carbons (Fsp3) is 0.143. The fourth-order valence-electron chi connectivity index (χ4n) is 0.755. The maximum absolute atomic E-state index is 5.41. The van der Waals surface area contributed by atoms with Gasteiger partial charge in [-0.2, -0.15) is 5.10 Å². The van der Waals surface area contributed by atoms with Crippen LogP contribution in [0.2, 0.25) is 0 Å². The lowest BCUT2D eigenvalue weighted by atomic mass is 10.2. The zero-order chi connectivity index (χ0) is 8.10. The first kappa shape index (κ1) is 7.53. The summed E-state index contributed by atoms with van der Waals surface area (Å²) in [4.78, 5) is 3.87. The first-order valence-electron chi connectivity index (χ1n) is 3.24. The van der Waals surface area contributed by atoms with E-state index in [0.29, 0.717) is 12.3 Å². The van der Waals surface area contributed by atoms with Crippen LogP contribution in [0.25, 0.3) is 0 Å². The number of hydrogen-bond acceptors (Lipinski definition) is 3. The van der Waals surface area contributed by atoms with Crippen LogP contribution < -0.4 is 11.6 Å². The highest BCUT2D eigenvalue weighted by molar-refractivity contribution is 5.82. The van der Waals surface area contributed by atoms with Crippen LogP contribution in [0, 0.1) is 0 Å². The van der Waals surface area contributed by atoms with E-state index in [2.05, 4.69) is 10.1 Å². The molecule has 1 rings (SSSR count). The minimum absolute atomic E-state index is 0.427. The minimum atomic E-state index is 0.427. The second kappa shape index (κ2) is 3.55. The number of pyridine rings is 1. The van der Waals surface area contributed by atoms with Crippen LogP contribution >= 0.6 is 0 Å². The smallest absolute Gasteiger partial charge is 0.123 e. The van der Waals surface area contributed by atoms with Crippen molar-refractivity contribution in [1.29, 1.82) is 0 Å². The average molecular weight is 150 g/mol. The first-order valence-corrected chi connectivity index (χ1v) is 3.24. The summed E-state index contributed by atoms with van der Waals surface area (Å²) < 4.78 is 0. The van der Waals surface area contributed by atoms with E-state index < -0.39 is 0 Å². The highest BCUT2D eigenvalue weighted by atomic mass is 15.1.